The standard InChI is InChI=1S/C29H46N2O10/c1-20(2)26(32)38-13-9-36-11-15-40-28(34)30-8-7-23-5-6-24-17-22(18-25(23)24)19-31-29(35)41-16-12-37-10-14-39-27(33)21(3)4/h22-25H,1,3,5-19H2,2,4H3,(H,30,34)(H,31,35). The lowest BCUT2D eigenvalue weighted by Gasteiger charge is -2.19. The molecule has 0 radical (unpaired) electrons. The number of hydrogen-bond donors (Lipinski definition) is 2. The maximum Gasteiger partial charge on any atom is 0.407 e. The van der Waals surface area contributed by atoms with E-state index in [0.717, 1.165) is 25.7 Å². The van der Waals surface area contributed by atoms with E-state index >= 15 is 0 Å². The van der Waals surface area contributed by atoms with Crippen LogP contribution >= 0.6 is 0 Å². The van der Waals surface area contributed by atoms with Crippen LogP contribution in [0.1, 0.15) is 46.0 Å². The molecule has 41 heavy (non-hydrogen) atoms. The Labute approximate surface area is 242 Å². The number of nitrogens with one attached hydrogen (secondary N) is 2. The third-order valence-corrected chi connectivity index (χ3v) is 7.22. The highest BCUT2D eigenvalue weighted by Gasteiger charge is 2.42. The molecule has 12 nitrogen and oxygen atoms in total. The Bertz CT molecular complexity index is 893. The van der Waals surface area contributed by atoms with Gasteiger partial charge in [0.1, 0.15) is 26.4 Å². The number of ether oxygens (including phenoxy) is 6. The lowest BCUT2D eigenvalue weighted by atomic mass is 9.89. The largest absolute Gasteiger partial charge is 0.460 e. The monoisotopic (exact) mass is 582 g/mol. The predicted molar refractivity (Wildman–Crippen MR) is 149 cm³/mol. The second kappa shape index (κ2) is 19.1. The third kappa shape index (κ3) is 13.9. The zero-order valence-electron chi connectivity index (χ0n) is 24.4. The highest BCUT2D eigenvalue weighted by Crippen LogP contribution is 2.50. The van der Waals surface area contributed by atoms with Crippen molar-refractivity contribution in [2.45, 2.75) is 46.0 Å². The molecule has 232 valence electrons. The maximum absolute atomic E-state index is 12.0. The van der Waals surface area contributed by atoms with Gasteiger partial charge >= 0.3 is 24.1 Å². The van der Waals surface area contributed by atoms with Gasteiger partial charge in [0.2, 0.25) is 0 Å². The molecule has 2 amide bonds. The molecule has 0 bridgehead atoms. The molecule has 0 aromatic heterocycles. The lowest BCUT2D eigenvalue weighted by Crippen LogP contribution is -2.30. The van der Waals surface area contributed by atoms with Crippen LogP contribution in [0.5, 0.6) is 0 Å². The number of carbonyl (C=O) groups is 4. The van der Waals surface area contributed by atoms with Crippen molar-refractivity contribution >= 4 is 24.1 Å². The summed E-state index contributed by atoms with van der Waals surface area (Å²) in [7, 11) is 0. The van der Waals surface area contributed by atoms with Gasteiger partial charge in [0.05, 0.1) is 26.4 Å². The molecule has 12 heteroatoms. The zero-order valence-corrected chi connectivity index (χ0v) is 24.4. The van der Waals surface area contributed by atoms with Crippen molar-refractivity contribution in [3.63, 3.8) is 0 Å². The van der Waals surface area contributed by atoms with E-state index in [4.69, 9.17) is 28.4 Å². The van der Waals surface area contributed by atoms with Crippen LogP contribution < -0.4 is 10.6 Å². The molecular weight excluding hydrogens is 536 g/mol. The van der Waals surface area contributed by atoms with Gasteiger partial charge in [0.15, 0.2) is 0 Å². The van der Waals surface area contributed by atoms with Crippen LogP contribution in [0.3, 0.4) is 0 Å². The van der Waals surface area contributed by atoms with Crippen molar-refractivity contribution in [3.8, 4) is 0 Å². The Morgan fingerprint density at radius 2 is 1.20 bits per heavy atom. The summed E-state index contributed by atoms with van der Waals surface area (Å²) in [6.45, 7) is 12.6. The van der Waals surface area contributed by atoms with Crippen molar-refractivity contribution in [3.05, 3.63) is 24.3 Å². The molecule has 2 aliphatic rings. The summed E-state index contributed by atoms with van der Waals surface area (Å²) in [5, 5.41) is 5.67. The van der Waals surface area contributed by atoms with Crippen LogP contribution in [0.25, 0.3) is 0 Å². The van der Waals surface area contributed by atoms with Crippen LogP contribution in [0, 0.1) is 23.7 Å². The first-order chi connectivity index (χ1) is 19.7. The van der Waals surface area contributed by atoms with Gasteiger partial charge in [-0.05, 0) is 69.6 Å². The molecule has 0 heterocycles. The minimum absolute atomic E-state index is 0.117. The lowest BCUT2D eigenvalue weighted by molar-refractivity contribution is -0.141. The first-order valence-electron chi connectivity index (χ1n) is 14.3. The van der Waals surface area contributed by atoms with Crippen LogP contribution in [0.15, 0.2) is 24.3 Å². The topological polar surface area (TPSA) is 148 Å². The van der Waals surface area contributed by atoms with Crippen LogP contribution in [-0.4, -0.2) is 90.1 Å². The number of rotatable bonds is 19. The van der Waals surface area contributed by atoms with Crippen molar-refractivity contribution in [1.29, 1.82) is 0 Å². The Balaban J connectivity index is 1.46. The molecule has 0 saturated heterocycles. The Hall–Kier alpha value is -3.12. The number of fused-ring (bicyclic) bond motifs is 1. The molecule has 0 spiro atoms. The van der Waals surface area contributed by atoms with Crippen molar-refractivity contribution in [2.24, 2.45) is 23.7 Å². The molecule has 0 aromatic carbocycles. The van der Waals surface area contributed by atoms with Gasteiger partial charge in [-0.3, -0.25) is 0 Å². The van der Waals surface area contributed by atoms with Crippen LogP contribution in [0.2, 0.25) is 0 Å². The average Bonchev–Trinajstić information content (AvgIpc) is 3.51. The van der Waals surface area contributed by atoms with Crippen molar-refractivity contribution < 1.29 is 47.6 Å². The highest BCUT2D eigenvalue weighted by atomic mass is 16.6. The summed E-state index contributed by atoms with van der Waals surface area (Å²) in [6.07, 6.45) is 4.45. The SMILES string of the molecule is C=C(C)C(=O)OCCOCCOC(=O)NCCC1CCC2CC(CNC(=O)OCCOCCOC(=O)C(=C)C)CC12. The molecule has 2 aliphatic carbocycles. The molecule has 4 unspecified atom stereocenters. The molecular formula is C29H46N2O10. The van der Waals surface area contributed by atoms with E-state index in [-0.39, 0.29) is 52.9 Å². The van der Waals surface area contributed by atoms with E-state index in [9.17, 15) is 19.2 Å². The second-order valence-corrected chi connectivity index (χ2v) is 10.5. The number of esters is 2. The maximum atomic E-state index is 12.0. The normalized spacial score (nSPS) is 20.9. The van der Waals surface area contributed by atoms with Gasteiger partial charge in [-0.1, -0.05) is 13.2 Å². The first kappa shape index (κ1) is 34.1. The van der Waals surface area contributed by atoms with Crippen molar-refractivity contribution in [2.75, 3.05) is 65.9 Å². The van der Waals surface area contributed by atoms with Crippen LogP contribution in [-0.2, 0) is 38.0 Å². The summed E-state index contributed by atoms with van der Waals surface area (Å²) in [6, 6.07) is 0. The van der Waals surface area contributed by atoms with E-state index in [0.29, 0.717) is 47.9 Å². The quantitative estimate of drug-likeness (QED) is 0.101. The minimum atomic E-state index is -0.472. The number of amides is 2. The fourth-order valence-electron chi connectivity index (χ4n) is 5.27. The summed E-state index contributed by atoms with van der Waals surface area (Å²) in [4.78, 5) is 46.4. The van der Waals surface area contributed by atoms with Crippen molar-refractivity contribution in [1.82, 2.24) is 10.6 Å². The number of hydrogen-bond acceptors (Lipinski definition) is 10. The average molecular weight is 583 g/mol. The Morgan fingerprint density at radius 3 is 1.73 bits per heavy atom. The van der Waals surface area contributed by atoms with Gasteiger partial charge in [-0.15, -0.1) is 0 Å². The Kier molecular flexibility index (Phi) is 15.9. The van der Waals surface area contributed by atoms with Crippen LogP contribution in [0.4, 0.5) is 9.59 Å². The minimum Gasteiger partial charge on any atom is -0.460 e. The molecule has 2 rings (SSSR count). The molecule has 4 atom stereocenters. The zero-order chi connectivity index (χ0) is 30.0. The molecule has 2 fully saturated rings. The Morgan fingerprint density at radius 1 is 0.683 bits per heavy atom. The fourth-order valence-corrected chi connectivity index (χ4v) is 5.27. The number of carbonyl (C=O) groups excluding carboxylic acids is 4. The smallest absolute Gasteiger partial charge is 0.407 e. The van der Waals surface area contributed by atoms with E-state index in [1.165, 1.54) is 6.42 Å². The summed E-state index contributed by atoms with van der Waals surface area (Å²) < 4.78 is 30.6. The molecule has 2 N–H and O–H groups in total. The van der Waals surface area contributed by atoms with Gasteiger partial charge < -0.3 is 39.1 Å². The summed E-state index contributed by atoms with van der Waals surface area (Å²) in [5.74, 6) is 1.32. The van der Waals surface area contributed by atoms with Gasteiger partial charge in [0, 0.05) is 24.2 Å². The molecule has 0 aliphatic heterocycles. The summed E-state index contributed by atoms with van der Waals surface area (Å²) in [5.41, 5.74) is 0.664. The van der Waals surface area contributed by atoms with Gasteiger partial charge in [-0.25, -0.2) is 19.2 Å². The highest BCUT2D eigenvalue weighted by molar-refractivity contribution is 5.87. The third-order valence-electron chi connectivity index (χ3n) is 7.22. The second-order valence-electron chi connectivity index (χ2n) is 10.5. The van der Waals surface area contributed by atoms with Gasteiger partial charge in [-0.2, -0.15) is 0 Å². The van der Waals surface area contributed by atoms with E-state index in [1.54, 1.807) is 13.8 Å². The fraction of sp³-hybridized carbons (Fsp3) is 0.724. The number of alkyl carbamates (subject to hydrolysis) is 2. The molecule has 2 saturated carbocycles. The van der Waals surface area contributed by atoms with E-state index in [2.05, 4.69) is 23.8 Å². The summed E-state index contributed by atoms with van der Waals surface area (Å²) >= 11 is 0. The van der Waals surface area contributed by atoms with E-state index in [1.807, 2.05) is 0 Å². The first-order valence-corrected chi connectivity index (χ1v) is 14.3. The van der Waals surface area contributed by atoms with E-state index < -0.39 is 24.1 Å². The van der Waals surface area contributed by atoms with Gasteiger partial charge in [0.25, 0.3) is 0 Å². The molecule has 0 aromatic rings. The predicted octanol–water partition coefficient (Wildman–Crippen LogP) is 3.15.